The molecule has 8 nitrogen and oxygen atoms in total. The van der Waals surface area contributed by atoms with Gasteiger partial charge in [-0.25, -0.2) is 9.78 Å². The number of aliphatic hydroxyl groups excluding tert-OH is 1. The maximum Gasteiger partial charge on any atom is 0.326 e. The number of aliphatic hydroxyl groups is 1. The minimum Gasteiger partial charge on any atom is -0.490 e. The van der Waals surface area contributed by atoms with Gasteiger partial charge in [-0.05, 0) is 61.6 Å². The molecular formula is C28H29N3O5. The smallest absolute Gasteiger partial charge is 0.326 e. The number of aldehydes is 1. The van der Waals surface area contributed by atoms with E-state index in [0.717, 1.165) is 28.8 Å². The summed E-state index contributed by atoms with van der Waals surface area (Å²) in [6, 6.07) is 18.7. The first kappa shape index (κ1) is 23.8. The fraction of sp³-hybridized carbons (Fsp3) is 0.321. The van der Waals surface area contributed by atoms with Crippen molar-refractivity contribution >= 4 is 23.7 Å². The molecule has 2 N–H and O–H groups in total. The highest BCUT2D eigenvalue weighted by atomic mass is 16.5. The molecule has 0 radical (unpaired) electrons. The number of hydrogen-bond acceptors (Lipinski definition) is 6. The van der Waals surface area contributed by atoms with Gasteiger partial charge in [-0.2, -0.15) is 0 Å². The number of pyridine rings is 1. The van der Waals surface area contributed by atoms with Gasteiger partial charge < -0.3 is 24.7 Å². The van der Waals surface area contributed by atoms with Gasteiger partial charge in [0, 0.05) is 28.9 Å². The van der Waals surface area contributed by atoms with E-state index in [2.05, 4.69) is 10.3 Å². The van der Waals surface area contributed by atoms with Gasteiger partial charge in [-0.15, -0.1) is 0 Å². The number of ether oxygens (including phenoxy) is 2. The molecule has 0 unspecified atom stereocenters. The number of nitrogens with zero attached hydrogens (tertiary/aromatic N) is 2. The molecule has 3 aromatic rings. The molecule has 2 aliphatic rings. The number of anilines is 2. The normalized spacial score (nSPS) is 21.1. The molecule has 0 bridgehead atoms. The Morgan fingerprint density at radius 1 is 1.14 bits per heavy atom. The second-order valence-corrected chi connectivity index (χ2v) is 9.32. The molecule has 8 heteroatoms. The zero-order chi connectivity index (χ0) is 25.0. The standard InChI is InChI=1S/C28H29N3O5/c32-18-28(19-33)12-10-23(11-13-28)36-26-9-7-21(17-29-26)20-6-8-24-25(16-20)35-15-14-31(24)27(34)30-22-4-2-1-3-5-22/h1-9,16-18,23,33H,10-15,19H2,(H,30,34). The lowest BCUT2D eigenvalue weighted by Gasteiger charge is -2.34. The van der Waals surface area contributed by atoms with Crippen LogP contribution in [0.3, 0.4) is 0 Å². The van der Waals surface area contributed by atoms with Crippen LogP contribution in [0.25, 0.3) is 11.1 Å². The molecule has 36 heavy (non-hydrogen) atoms. The third kappa shape index (κ3) is 5.04. The van der Waals surface area contributed by atoms with Crippen molar-refractivity contribution < 1.29 is 24.2 Å². The topological polar surface area (TPSA) is 101 Å². The van der Waals surface area contributed by atoms with Gasteiger partial charge in [0.15, 0.2) is 0 Å². The Hall–Kier alpha value is -3.91. The molecule has 0 saturated heterocycles. The summed E-state index contributed by atoms with van der Waals surface area (Å²) in [7, 11) is 0. The lowest BCUT2D eigenvalue weighted by atomic mass is 9.75. The van der Waals surface area contributed by atoms with E-state index >= 15 is 0 Å². The summed E-state index contributed by atoms with van der Waals surface area (Å²) >= 11 is 0. The van der Waals surface area contributed by atoms with Crippen molar-refractivity contribution in [3.8, 4) is 22.8 Å². The zero-order valence-electron chi connectivity index (χ0n) is 19.9. The van der Waals surface area contributed by atoms with E-state index < -0.39 is 5.41 Å². The largest absolute Gasteiger partial charge is 0.490 e. The van der Waals surface area contributed by atoms with Crippen LogP contribution in [0.5, 0.6) is 11.6 Å². The third-order valence-corrected chi connectivity index (χ3v) is 6.94. The number of para-hydroxylation sites is 1. The summed E-state index contributed by atoms with van der Waals surface area (Å²) in [6.07, 6.45) is 5.27. The molecule has 0 spiro atoms. The van der Waals surface area contributed by atoms with Gasteiger partial charge >= 0.3 is 6.03 Å². The van der Waals surface area contributed by atoms with Crippen LogP contribution < -0.4 is 19.7 Å². The van der Waals surface area contributed by atoms with Gasteiger partial charge in [0.2, 0.25) is 5.88 Å². The molecule has 1 saturated carbocycles. The Morgan fingerprint density at radius 3 is 2.61 bits per heavy atom. The van der Waals surface area contributed by atoms with Gasteiger partial charge in [0.1, 0.15) is 24.7 Å². The molecule has 1 aliphatic heterocycles. The van der Waals surface area contributed by atoms with Gasteiger partial charge in [-0.3, -0.25) is 4.90 Å². The third-order valence-electron chi connectivity index (χ3n) is 6.94. The number of hydrogen-bond donors (Lipinski definition) is 2. The second kappa shape index (κ2) is 10.4. The predicted octanol–water partition coefficient (Wildman–Crippen LogP) is 4.68. The van der Waals surface area contributed by atoms with Crippen molar-refractivity contribution in [2.45, 2.75) is 31.8 Å². The molecule has 0 atom stereocenters. The van der Waals surface area contributed by atoms with Gasteiger partial charge in [-0.1, -0.05) is 24.3 Å². The number of aromatic nitrogens is 1. The maximum atomic E-state index is 12.9. The Kier molecular flexibility index (Phi) is 6.86. The highest BCUT2D eigenvalue weighted by Crippen LogP contribution is 2.37. The Balaban J connectivity index is 1.25. The van der Waals surface area contributed by atoms with Crippen LogP contribution in [-0.4, -0.2) is 48.3 Å². The average Bonchev–Trinajstić information content (AvgIpc) is 2.94. The van der Waals surface area contributed by atoms with Gasteiger partial charge in [0.25, 0.3) is 0 Å². The van der Waals surface area contributed by atoms with Crippen LogP contribution in [0.2, 0.25) is 0 Å². The van der Waals surface area contributed by atoms with E-state index in [1.165, 1.54) is 0 Å². The molecule has 2 aromatic carbocycles. The highest BCUT2D eigenvalue weighted by molar-refractivity contribution is 6.03. The van der Waals surface area contributed by atoms with Crippen LogP contribution in [0.1, 0.15) is 25.7 Å². The summed E-state index contributed by atoms with van der Waals surface area (Å²) in [4.78, 5) is 30.3. The fourth-order valence-electron chi connectivity index (χ4n) is 4.71. The lowest BCUT2D eigenvalue weighted by Crippen LogP contribution is -2.40. The number of rotatable bonds is 6. The number of nitrogens with one attached hydrogen (secondary N) is 1. The minimum atomic E-state index is -0.622. The minimum absolute atomic E-state index is 0.0202. The van der Waals surface area contributed by atoms with Crippen LogP contribution in [-0.2, 0) is 4.79 Å². The average molecular weight is 488 g/mol. The molecular weight excluding hydrogens is 458 g/mol. The molecule has 1 aromatic heterocycles. The van der Waals surface area contributed by atoms with Crippen LogP contribution in [0.4, 0.5) is 16.2 Å². The molecule has 5 rings (SSSR count). The van der Waals surface area contributed by atoms with E-state index in [0.29, 0.717) is 50.5 Å². The summed E-state index contributed by atoms with van der Waals surface area (Å²) < 4.78 is 11.9. The Bertz CT molecular complexity index is 1210. The Morgan fingerprint density at radius 2 is 1.92 bits per heavy atom. The molecule has 1 aliphatic carbocycles. The maximum absolute atomic E-state index is 12.9. The van der Waals surface area contributed by atoms with Gasteiger partial charge in [0.05, 0.1) is 18.8 Å². The van der Waals surface area contributed by atoms with Crippen LogP contribution in [0, 0.1) is 5.41 Å². The van der Waals surface area contributed by atoms with Crippen molar-refractivity contribution in [2.24, 2.45) is 5.41 Å². The van der Waals surface area contributed by atoms with Crippen molar-refractivity contribution in [1.29, 1.82) is 0 Å². The number of fused-ring (bicyclic) bond motifs is 1. The summed E-state index contributed by atoms with van der Waals surface area (Å²) in [5.74, 6) is 1.18. The molecule has 2 heterocycles. The zero-order valence-corrected chi connectivity index (χ0v) is 19.9. The first-order chi connectivity index (χ1) is 17.6. The Labute approximate surface area is 209 Å². The lowest BCUT2D eigenvalue weighted by molar-refractivity contribution is -0.121. The van der Waals surface area contributed by atoms with E-state index in [1.807, 2.05) is 60.7 Å². The van der Waals surface area contributed by atoms with Crippen LogP contribution >= 0.6 is 0 Å². The van der Waals surface area contributed by atoms with E-state index in [4.69, 9.17) is 9.47 Å². The fourth-order valence-corrected chi connectivity index (χ4v) is 4.71. The first-order valence-electron chi connectivity index (χ1n) is 12.2. The number of urea groups is 1. The van der Waals surface area contributed by atoms with Crippen molar-refractivity contribution in [2.75, 3.05) is 30.0 Å². The highest BCUT2D eigenvalue weighted by Gasteiger charge is 2.35. The molecule has 2 amide bonds. The van der Waals surface area contributed by atoms with Crippen molar-refractivity contribution in [3.63, 3.8) is 0 Å². The molecule has 186 valence electrons. The quantitative estimate of drug-likeness (QED) is 0.490. The number of amides is 2. The molecule has 1 fully saturated rings. The second-order valence-electron chi connectivity index (χ2n) is 9.32. The van der Waals surface area contributed by atoms with E-state index in [1.54, 1.807) is 11.1 Å². The SMILES string of the molecule is O=CC1(CO)CCC(Oc2ccc(-c3ccc4c(c3)OCCN4C(=O)Nc3ccccc3)cn2)CC1. The summed E-state index contributed by atoms with van der Waals surface area (Å²) in [6.45, 7) is 0.759. The predicted molar refractivity (Wildman–Crippen MR) is 136 cm³/mol. The van der Waals surface area contributed by atoms with Crippen LogP contribution in [0.15, 0.2) is 66.9 Å². The van der Waals surface area contributed by atoms with Crippen molar-refractivity contribution in [3.05, 3.63) is 66.9 Å². The number of benzene rings is 2. The summed E-state index contributed by atoms with van der Waals surface area (Å²) in [5.41, 5.74) is 2.67. The van der Waals surface area contributed by atoms with E-state index in [-0.39, 0.29) is 18.7 Å². The monoisotopic (exact) mass is 487 g/mol. The van der Waals surface area contributed by atoms with Crippen molar-refractivity contribution in [1.82, 2.24) is 4.98 Å². The summed E-state index contributed by atoms with van der Waals surface area (Å²) in [5, 5.41) is 12.4. The number of carbonyl (C=O) groups is 2. The number of carbonyl (C=O) groups excluding carboxylic acids is 2. The van der Waals surface area contributed by atoms with E-state index in [9.17, 15) is 14.7 Å². The first-order valence-corrected chi connectivity index (χ1v) is 12.2.